The molecule has 0 spiro atoms. The molecular weight excluding hydrogens is 198 g/mol. The van der Waals surface area contributed by atoms with Gasteiger partial charge < -0.3 is 20.9 Å². The van der Waals surface area contributed by atoms with Crippen molar-refractivity contribution in [3.05, 3.63) is 0 Å². The van der Waals surface area contributed by atoms with Gasteiger partial charge in [0.05, 0.1) is 19.3 Å². The summed E-state index contributed by atoms with van der Waals surface area (Å²) < 4.78 is 4.78. The number of amides is 1. The zero-order chi connectivity index (χ0) is 11.7. The van der Waals surface area contributed by atoms with Crippen molar-refractivity contribution < 1.29 is 14.6 Å². The van der Waals surface area contributed by atoms with E-state index in [9.17, 15) is 9.90 Å². The molecule has 4 N–H and O–H groups in total. The lowest BCUT2D eigenvalue weighted by Crippen LogP contribution is -2.40. The minimum atomic E-state index is -0.567. The number of carbonyl (C=O) groups excluding carboxylic acids is 1. The van der Waals surface area contributed by atoms with Gasteiger partial charge >= 0.3 is 0 Å². The highest BCUT2D eigenvalue weighted by Crippen LogP contribution is 1.89. The summed E-state index contributed by atoms with van der Waals surface area (Å²) in [5, 5.41) is 12.0. The van der Waals surface area contributed by atoms with E-state index in [-0.39, 0.29) is 19.1 Å². The van der Waals surface area contributed by atoms with Crippen molar-refractivity contribution in [2.75, 3.05) is 46.9 Å². The number of nitrogens with one attached hydrogen (secondary N) is 1. The summed E-state index contributed by atoms with van der Waals surface area (Å²) in [4.78, 5) is 13.0. The van der Waals surface area contributed by atoms with Gasteiger partial charge in [-0.15, -0.1) is 0 Å². The van der Waals surface area contributed by atoms with Crippen LogP contribution in [0.4, 0.5) is 0 Å². The van der Waals surface area contributed by atoms with Crippen LogP contribution in [0.25, 0.3) is 0 Å². The average Bonchev–Trinajstić information content (AvgIpc) is 2.14. The maximum atomic E-state index is 11.2. The van der Waals surface area contributed by atoms with E-state index in [1.54, 1.807) is 11.9 Å². The Labute approximate surface area is 90.4 Å². The van der Waals surface area contributed by atoms with Crippen LogP contribution < -0.4 is 11.1 Å². The van der Waals surface area contributed by atoms with Crippen molar-refractivity contribution in [2.24, 2.45) is 5.73 Å². The fourth-order valence-corrected chi connectivity index (χ4v) is 1.18. The van der Waals surface area contributed by atoms with Gasteiger partial charge in [0.1, 0.15) is 0 Å². The van der Waals surface area contributed by atoms with Gasteiger partial charge in [-0.1, -0.05) is 0 Å². The monoisotopic (exact) mass is 219 g/mol. The quantitative estimate of drug-likeness (QED) is 0.439. The van der Waals surface area contributed by atoms with Crippen LogP contribution in [0.1, 0.15) is 0 Å². The molecule has 0 aromatic rings. The van der Waals surface area contributed by atoms with Crippen molar-refractivity contribution in [1.82, 2.24) is 10.2 Å². The van der Waals surface area contributed by atoms with Gasteiger partial charge in [-0.25, -0.2) is 0 Å². The van der Waals surface area contributed by atoms with E-state index in [2.05, 4.69) is 5.32 Å². The number of rotatable bonds is 8. The summed E-state index contributed by atoms with van der Waals surface area (Å²) in [6, 6.07) is 0. The fourth-order valence-electron chi connectivity index (χ4n) is 1.18. The number of methoxy groups -OCH3 is 1. The Morgan fingerprint density at radius 1 is 1.67 bits per heavy atom. The van der Waals surface area contributed by atoms with Crippen LogP contribution in [0.5, 0.6) is 0 Å². The van der Waals surface area contributed by atoms with Gasteiger partial charge in [-0.05, 0) is 7.05 Å². The molecule has 0 aliphatic heterocycles. The number of likely N-dealkylation sites (N-methyl/N-ethyl adjacent to an activating group) is 1. The molecule has 6 heteroatoms. The lowest BCUT2D eigenvalue weighted by atomic mass is 10.3. The largest absolute Gasteiger partial charge is 0.389 e. The second-order valence-electron chi connectivity index (χ2n) is 3.44. The molecule has 0 saturated heterocycles. The van der Waals surface area contributed by atoms with Crippen LogP contribution in [0, 0.1) is 0 Å². The highest BCUT2D eigenvalue weighted by molar-refractivity contribution is 5.77. The normalized spacial score (nSPS) is 12.9. The molecule has 0 bridgehead atoms. The maximum absolute atomic E-state index is 11.2. The fraction of sp³-hybridized carbons (Fsp3) is 0.889. The summed E-state index contributed by atoms with van der Waals surface area (Å²) in [6.07, 6.45) is -0.567. The van der Waals surface area contributed by atoms with Crippen LogP contribution in [0.15, 0.2) is 0 Å². The molecule has 0 aliphatic rings. The number of carbonyl (C=O) groups is 1. The number of ether oxygens (including phenoxy) is 1. The second kappa shape index (κ2) is 8.60. The zero-order valence-corrected chi connectivity index (χ0v) is 9.40. The van der Waals surface area contributed by atoms with Crippen LogP contribution in [0.3, 0.4) is 0 Å². The predicted molar refractivity (Wildman–Crippen MR) is 57.4 cm³/mol. The molecule has 0 rings (SSSR count). The molecule has 1 amide bonds. The van der Waals surface area contributed by atoms with Crippen molar-refractivity contribution in [2.45, 2.75) is 6.10 Å². The van der Waals surface area contributed by atoms with E-state index in [0.29, 0.717) is 19.6 Å². The number of nitrogens with two attached hydrogens (primary N) is 1. The minimum Gasteiger partial charge on any atom is -0.389 e. The zero-order valence-electron chi connectivity index (χ0n) is 9.40. The Balaban J connectivity index is 3.62. The van der Waals surface area contributed by atoms with Crippen LogP contribution in [-0.2, 0) is 9.53 Å². The molecule has 0 fully saturated rings. The first-order valence-electron chi connectivity index (χ1n) is 4.92. The topological polar surface area (TPSA) is 87.8 Å². The third kappa shape index (κ3) is 8.31. The first-order chi connectivity index (χ1) is 7.10. The van der Waals surface area contributed by atoms with Crippen LogP contribution in [-0.4, -0.2) is 69.0 Å². The van der Waals surface area contributed by atoms with Gasteiger partial charge in [0.2, 0.25) is 5.91 Å². The van der Waals surface area contributed by atoms with Crippen LogP contribution >= 0.6 is 0 Å². The van der Waals surface area contributed by atoms with E-state index in [1.165, 1.54) is 7.11 Å². The molecule has 0 aliphatic carbocycles. The first kappa shape index (κ1) is 14.3. The van der Waals surface area contributed by atoms with E-state index in [0.717, 1.165) is 0 Å². The molecule has 0 radical (unpaired) electrons. The van der Waals surface area contributed by atoms with E-state index in [1.807, 2.05) is 0 Å². The molecule has 1 unspecified atom stereocenters. The average molecular weight is 219 g/mol. The standard InChI is InChI=1S/C9H21N3O3/c1-12(5-8(13)7-15-2)6-9(14)11-4-3-10/h8,13H,3-7,10H2,1-2H3,(H,11,14). The number of aliphatic hydroxyl groups is 1. The molecule has 0 saturated carbocycles. The third-order valence-electron chi connectivity index (χ3n) is 1.76. The van der Waals surface area contributed by atoms with E-state index in [4.69, 9.17) is 10.5 Å². The summed E-state index contributed by atoms with van der Waals surface area (Å²) >= 11 is 0. The summed E-state index contributed by atoms with van der Waals surface area (Å²) in [5.41, 5.74) is 5.24. The molecule has 6 nitrogen and oxygen atoms in total. The predicted octanol–water partition coefficient (Wildman–Crippen LogP) is -2.00. The first-order valence-corrected chi connectivity index (χ1v) is 4.92. The molecule has 0 heterocycles. The van der Waals surface area contributed by atoms with Gasteiger partial charge in [0, 0.05) is 26.7 Å². The number of nitrogens with zero attached hydrogens (tertiary/aromatic N) is 1. The van der Waals surface area contributed by atoms with Gasteiger partial charge in [0.25, 0.3) is 0 Å². The summed E-state index contributed by atoms with van der Waals surface area (Å²) in [7, 11) is 3.29. The third-order valence-corrected chi connectivity index (χ3v) is 1.76. The number of hydrogen-bond donors (Lipinski definition) is 3. The molecule has 90 valence electrons. The van der Waals surface area contributed by atoms with Crippen molar-refractivity contribution in [1.29, 1.82) is 0 Å². The van der Waals surface area contributed by atoms with E-state index < -0.39 is 6.10 Å². The van der Waals surface area contributed by atoms with Crippen molar-refractivity contribution in [3.8, 4) is 0 Å². The number of aliphatic hydroxyl groups excluding tert-OH is 1. The van der Waals surface area contributed by atoms with Crippen molar-refractivity contribution in [3.63, 3.8) is 0 Å². The SMILES string of the molecule is COCC(O)CN(C)CC(=O)NCCN. The molecular formula is C9H21N3O3. The second-order valence-corrected chi connectivity index (χ2v) is 3.44. The summed E-state index contributed by atoms with van der Waals surface area (Å²) in [5.74, 6) is -0.0902. The van der Waals surface area contributed by atoms with Crippen molar-refractivity contribution >= 4 is 5.91 Å². The Bertz CT molecular complexity index is 178. The van der Waals surface area contributed by atoms with Gasteiger partial charge in [-0.2, -0.15) is 0 Å². The molecule has 15 heavy (non-hydrogen) atoms. The minimum absolute atomic E-state index is 0.0902. The molecule has 1 atom stereocenters. The lowest BCUT2D eigenvalue weighted by Gasteiger charge is -2.19. The Hall–Kier alpha value is -0.690. The highest BCUT2D eigenvalue weighted by Gasteiger charge is 2.10. The Morgan fingerprint density at radius 3 is 2.87 bits per heavy atom. The smallest absolute Gasteiger partial charge is 0.234 e. The van der Waals surface area contributed by atoms with E-state index >= 15 is 0 Å². The highest BCUT2D eigenvalue weighted by atomic mass is 16.5. The van der Waals surface area contributed by atoms with Crippen LogP contribution in [0.2, 0.25) is 0 Å². The number of hydrogen-bond acceptors (Lipinski definition) is 5. The lowest BCUT2D eigenvalue weighted by molar-refractivity contribution is -0.122. The molecule has 0 aromatic carbocycles. The Morgan fingerprint density at radius 2 is 2.33 bits per heavy atom. The summed E-state index contributed by atoms with van der Waals surface area (Å²) in [6.45, 7) is 1.84. The van der Waals surface area contributed by atoms with Gasteiger partial charge in [0.15, 0.2) is 0 Å². The molecule has 0 aromatic heterocycles. The van der Waals surface area contributed by atoms with Gasteiger partial charge in [-0.3, -0.25) is 9.69 Å². The maximum Gasteiger partial charge on any atom is 0.234 e. The Kier molecular flexibility index (Phi) is 8.21.